The predicted octanol–water partition coefficient (Wildman–Crippen LogP) is -1.14. The van der Waals surface area contributed by atoms with Crippen LogP contribution in [0.3, 0.4) is 0 Å². The number of aliphatic hydroxyl groups is 1. The highest BCUT2D eigenvalue weighted by atomic mass is 16.3. The third-order valence-corrected chi connectivity index (χ3v) is 2.61. The molecule has 1 rings (SSSR count). The van der Waals surface area contributed by atoms with Gasteiger partial charge in [0.15, 0.2) is 0 Å². The first-order chi connectivity index (χ1) is 7.61. The Morgan fingerprint density at radius 3 is 2.81 bits per heavy atom. The monoisotopic (exact) mass is 229 g/mol. The second-order valence-corrected chi connectivity index (χ2v) is 4.16. The number of aliphatic hydroxyl groups excluding tert-OH is 1. The quantitative estimate of drug-likeness (QED) is 0.534. The van der Waals surface area contributed by atoms with Crippen LogP contribution in [0.2, 0.25) is 0 Å². The lowest BCUT2D eigenvalue weighted by Gasteiger charge is -2.31. The second kappa shape index (κ2) is 6.44. The maximum Gasteiger partial charge on any atom is 0.252 e. The molecule has 0 spiro atoms. The third-order valence-electron chi connectivity index (χ3n) is 2.61. The molecule has 2 amide bonds. The minimum Gasteiger partial charge on any atom is -0.396 e. The van der Waals surface area contributed by atoms with E-state index < -0.39 is 0 Å². The topological polar surface area (TPSA) is 81.7 Å². The van der Waals surface area contributed by atoms with Gasteiger partial charge in [0.1, 0.15) is 0 Å². The minimum atomic E-state index is -0.291. The number of amides is 2. The van der Waals surface area contributed by atoms with Gasteiger partial charge in [0, 0.05) is 20.1 Å². The molecule has 1 saturated heterocycles. The van der Waals surface area contributed by atoms with Crippen LogP contribution in [0.4, 0.5) is 0 Å². The molecule has 1 unspecified atom stereocenters. The SMILES string of the molecule is CC(=O)NNC(=O)CN1CCCC(CO)C1. The summed E-state index contributed by atoms with van der Waals surface area (Å²) in [6.07, 6.45) is 2.01. The van der Waals surface area contributed by atoms with Crippen molar-refractivity contribution in [3.8, 4) is 0 Å². The van der Waals surface area contributed by atoms with Gasteiger partial charge < -0.3 is 5.11 Å². The van der Waals surface area contributed by atoms with Crippen molar-refractivity contribution in [1.82, 2.24) is 15.8 Å². The van der Waals surface area contributed by atoms with Crippen LogP contribution in [-0.2, 0) is 9.59 Å². The van der Waals surface area contributed by atoms with Gasteiger partial charge in [-0.2, -0.15) is 0 Å². The van der Waals surface area contributed by atoms with Gasteiger partial charge in [-0.1, -0.05) is 0 Å². The van der Waals surface area contributed by atoms with Gasteiger partial charge in [0.2, 0.25) is 5.91 Å². The number of hydrazine groups is 1. The Hall–Kier alpha value is -1.14. The number of piperidine rings is 1. The van der Waals surface area contributed by atoms with Crippen molar-refractivity contribution in [2.75, 3.05) is 26.2 Å². The maximum absolute atomic E-state index is 11.4. The first kappa shape index (κ1) is 12.9. The molecule has 92 valence electrons. The smallest absolute Gasteiger partial charge is 0.252 e. The summed E-state index contributed by atoms with van der Waals surface area (Å²) < 4.78 is 0. The van der Waals surface area contributed by atoms with Gasteiger partial charge in [-0.25, -0.2) is 0 Å². The Bertz CT molecular complexity index is 258. The van der Waals surface area contributed by atoms with E-state index in [2.05, 4.69) is 10.9 Å². The van der Waals surface area contributed by atoms with Crippen LogP contribution in [0.1, 0.15) is 19.8 Å². The van der Waals surface area contributed by atoms with E-state index in [1.54, 1.807) is 0 Å². The van der Waals surface area contributed by atoms with E-state index in [9.17, 15) is 9.59 Å². The van der Waals surface area contributed by atoms with Crippen LogP contribution < -0.4 is 10.9 Å². The highest BCUT2D eigenvalue weighted by molar-refractivity contribution is 5.81. The summed E-state index contributed by atoms with van der Waals surface area (Å²) in [4.78, 5) is 23.9. The van der Waals surface area contributed by atoms with Crippen molar-refractivity contribution < 1.29 is 14.7 Å². The van der Waals surface area contributed by atoms with Crippen molar-refractivity contribution in [3.63, 3.8) is 0 Å². The zero-order valence-electron chi connectivity index (χ0n) is 9.53. The number of nitrogens with one attached hydrogen (secondary N) is 2. The maximum atomic E-state index is 11.4. The average Bonchev–Trinajstić information content (AvgIpc) is 2.26. The van der Waals surface area contributed by atoms with E-state index in [1.807, 2.05) is 4.90 Å². The number of hydrogen-bond acceptors (Lipinski definition) is 4. The standard InChI is InChI=1S/C10H19N3O3/c1-8(15)11-12-10(16)6-13-4-2-3-9(5-13)7-14/h9,14H,2-7H2,1H3,(H,11,15)(H,12,16). The first-order valence-electron chi connectivity index (χ1n) is 5.50. The lowest BCUT2D eigenvalue weighted by atomic mass is 9.99. The molecule has 0 aliphatic carbocycles. The number of rotatable bonds is 3. The van der Waals surface area contributed by atoms with E-state index in [1.165, 1.54) is 6.92 Å². The number of carbonyl (C=O) groups excluding carboxylic acids is 2. The van der Waals surface area contributed by atoms with E-state index >= 15 is 0 Å². The first-order valence-corrected chi connectivity index (χ1v) is 5.50. The summed E-state index contributed by atoms with van der Waals surface area (Å²) in [7, 11) is 0. The molecular weight excluding hydrogens is 210 g/mol. The van der Waals surface area contributed by atoms with Crippen LogP contribution in [-0.4, -0.2) is 48.1 Å². The fourth-order valence-corrected chi connectivity index (χ4v) is 1.84. The van der Waals surface area contributed by atoms with Crippen molar-refractivity contribution in [3.05, 3.63) is 0 Å². The van der Waals surface area contributed by atoms with Crippen molar-refractivity contribution in [2.24, 2.45) is 5.92 Å². The Kier molecular flexibility index (Phi) is 5.21. The Morgan fingerprint density at radius 1 is 1.44 bits per heavy atom. The molecule has 0 aromatic carbocycles. The van der Waals surface area contributed by atoms with Crippen LogP contribution in [0, 0.1) is 5.92 Å². The molecule has 0 aromatic rings. The van der Waals surface area contributed by atoms with Crippen LogP contribution in [0.15, 0.2) is 0 Å². The largest absolute Gasteiger partial charge is 0.396 e. The van der Waals surface area contributed by atoms with E-state index in [4.69, 9.17) is 5.11 Å². The zero-order chi connectivity index (χ0) is 12.0. The molecule has 1 aliphatic rings. The summed E-state index contributed by atoms with van der Waals surface area (Å²) >= 11 is 0. The van der Waals surface area contributed by atoms with Crippen LogP contribution in [0.5, 0.6) is 0 Å². The van der Waals surface area contributed by atoms with Crippen molar-refractivity contribution in [2.45, 2.75) is 19.8 Å². The summed E-state index contributed by atoms with van der Waals surface area (Å²) in [5.74, 6) is -0.253. The van der Waals surface area contributed by atoms with Crippen molar-refractivity contribution >= 4 is 11.8 Å². The normalized spacial score (nSPS) is 21.5. The molecule has 0 saturated carbocycles. The summed E-state index contributed by atoms with van der Waals surface area (Å²) in [6, 6.07) is 0. The van der Waals surface area contributed by atoms with Crippen LogP contribution in [0.25, 0.3) is 0 Å². The molecule has 6 heteroatoms. The van der Waals surface area contributed by atoms with Gasteiger partial charge in [0.05, 0.1) is 6.54 Å². The molecule has 16 heavy (non-hydrogen) atoms. The zero-order valence-corrected chi connectivity index (χ0v) is 9.53. The van der Waals surface area contributed by atoms with E-state index in [-0.39, 0.29) is 30.9 Å². The molecule has 3 N–H and O–H groups in total. The molecule has 6 nitrogen and oxygen atoms in total. The highest BCUT2D eigenvalue weighted by Gasteiger charge is 2.20. The Balaban J connectivity index is 2.25. The van der Waals surface area contributed by atoms with Gasteiger partial charge in [-0.15, -0.1) is 0 Å². The molecule has 1 fully saturated rings. The minimum absolute atomic E-state index is 0.170. The lowest BCUT2D eigenvalue weighted by Crippen LogP contribution is -2.48. The number of carbonyl (C=O) groups is 2. The van der Waals surface area contributed by atoms with E-state index in [0.717, 1.165) is 25.9 Å². The molecule has 1 aliphatic heterocycles. The fourth-order valence-electron chi connectivity index (χ4n) is 1.84. The van der Waals surface area contributed by atoms with Gasteiger partial charge in [-0.05, 0) is 25.3 Å². The third kappa shape index (κ3) is 4.59. The summed E-state index contributed by atoms with van der Waals surface area (Å²) in [5.41, 5.74) is 4.57. The van der Waals surface area contributed by atoms with Crippen LogP contribution >= 0.6 is 0 Å². The van der Waals surface area contributed by atoms with Gasteiger partial charge in [-0.3, -0.25) is 25.3 Å². The molecule has 0 aromatic heterocycles. The summed E-state index contributed by atoms with van der Waals surface area (Å²) in [5, 5.41) is 9.03. The average molecular weight is 229 g/mol. The summed E-state index contributed by atoms with van der Waals surface area (Å²) in [6.45, 7) is 3.37. The predicted molar refractivity (Wildman–Crippen MR) is 58.2 cm³/mol. The molecule has 1 heterocycles. The van der Waals surface area contributed by atoms with Gasteiger partial charge in [0.25, 0.3) is 5.91 Å². The molecule has 0 radical (unpaired) electrons. The van der Waals surface area contributed by atoms with E-state index in [0.29, 0.717) is 0 Å². The number of likely N-dealkylation sites (tertiary alicyclic amines) is 1. The molecular formula is C10H19N3O3. The Labute approximate surface area is 95.0 Å². The molecule has 1 atom stereocenters. The number of hydrogen-bond donors (Lipinski definition) is 3. The second-order valence-electron chi connectivity index (χ2n) is 4.16. The lowest BCUT2D eigenvalue weighted by molar-refractivity contribution is -0.128. The number of nitrogens with zero attached hydrogens (tertiary/aromatic N) is 1. The van der Waals surface area contributed by atoms with Gasteiger partial charge >= 0.3 is 0 Å². The van der Waals surface area contributed by atoms with Crippen molar-refractivity contribution in [1.29, 1.82) is 0 Å². The fraction of sp³-hybridized carbons (Fsp3) is 0.800. The Morgan fingerprint density at radius 2 is 2.19 bits per heavy atom. The molecule has 0 bridgehead atoms. The highest BCUT2D eigenvalue weighted by Crippen LogP contribution is 2.14.